The Bertz CT molecular complexity index is 702. The molecule has 0 aliphatic rings. The van der Waals surface area contributed by atoms with Gasteiger partial charge in [0.05, 0.1) is 18.2 Å². The molecule has 0 spiro atoms. The van der Waals surface area contributed by atoms with Crippen molar-refractivity contribution in [3.63, 3.8) is 0 Å². The van der Waals surface area contributed by atoms with E-state index in [1.54, 1.807) is 6.92 Å². The zero-order valence-electron chi connectivity index (χ0n) is 12.3. The Balaban J connectivity index is 2.29. The smallest absolute Gasteiger partial charge is 0.394 e. The van der Waals surface area contributed by atoms with Crippen LogP contribution >= 0.6 is 0 Å². The molecule has 2 N–H and O–H groups in total. The van der Waals surface area contributed by atoms with Crippen LogP contribution in [0.1, 0.15) is 33.2 Å². The lowest BCUT2D eigenvalue weighted by Crippen LogP contribution is -2.32. The van der Waals surface area contributed by atoms with E-state index in [0.717, 1.165) is 6.07 Å². The molecule has 2 rings (SSSR count). The molecule has 1 heterocycles. The molecule has 1 atom stereocenters. The number of nitrogens with one attached hydrogen (secondary N) is 1. The van der Waals surface area contributed by atoms with Crippen LogP contribution in [0.15, 0.2) is 42.6 Å². The van der Waals surface area contributed by atoms with Gasteiger partial charge in [0.15, 0.2) is 0 Å². The number of hydrogen-bond acceptors (Lipinski definition) is 3. The first-order valence-corrected chi connectivity index (χ1v) is 6.83. The predicted octanol–water partition coefficient (Wildman–Crippen LogP) is 2.87. The molecular weight excluding hydrogens is 309 g/mol. The first kappa shape index (κ1) is 17.0. The van der Waals surface area contributed by atoms with Crippen LogP contribution in [-0.4, -0.2) is 22.6 Å². The fourth-order valence-electron chi connectivity index (χ4n) is 2.21. The summed E-state index contributed by atoms with van der Waals surface area (Å²) in [5.74, 6) is -0.577. The number of hydrogen-bond donors (Lipinski definition) is 2. The number of halogens is 3. The average Bonchev–Trinajstić information content (AvgIpc) is 2.51. The minimum absolute atomic E-state index is 0.179. The highest BCUT2D eigenvalue weighted by Gasteiger charge is 2.35. The standard InChI is InChI=1S/C16H15F3N2O2/c1-10-8-11(6-7-20-10)15(23)21-14(9-22)12-4-2-3-5-13(12)16(17,18)19/h2-8,14,22H,9H2,1H3,(H,21,23). The topological polar surface area (TPSA) is 62.2 Å². The van der Waals surface area contributed by atoms with Crippen molar-refractivity contribution in [3.05, 3.63) is 65.0 Å². The van der Waals surface area contributed by atoms with Crippen molar-refractivity contribution in [1.82, 2.24) is 10.3 Å². The van der Waals surface area contributed by atoms with Gasteiger partial charge >= 0.3 is 6.18 Å². The summed E-state index contributed by atoms with van der Waals surface area (Å²) in [6.45, 7) is 1.04. The molecule has 1 amide bonds. The molecule has 1 aromatic carbocycles. The van der Waals surface area contributed by atoms with Crippen molar-refractivity contribution in [2.75, 3.05) is 6.61 Å². The van der Waals surface area contributed by atoms with E-state index >= 15 is 0 Å². The molecule has 0 bridgehead atoms. The highest BCUT2D eigenvalue weighted by molar-refractivity contribution is 5.94. The molecule has 23 heavy (non-hydrogen) atoms. The quantitative estimate of drug-likeness (QED) is 0.909. The van der Waals surface area contributed by atoms with Gasteiger partial charge in [-0.15, -0.1) is 0 Å². The lowest BCUT2D eigenvalue weighted by atomic mass is 10.00. The maximum atomic E-state index is 13.1. The summed E-state index contributed by atoms with van der Waals surface area (Å²) in [6, 6.07) is 6.65. The first-order chi connectivity index (χ1) is 10.8. The van der Waals surface area contributed by atoms with Crippen molar-refractivity contribution in [3.8, 4) is 0 Å². The van der Waals surface area contributed by atoms with Crippen LogP contribution in [-0.2, 0) is 6.18 Å². The molecule has 0 aliphatic carbocycles. The number of aryl methyl sites for hydroxylation is 1. The van der Waals surface area contributed by atoms with Gasteiger partial charge in [-0.1, -0.05) is 18.2 Å². The van der Waals surface area contributed by atoms with Crippen molar-refractivity contribution in [1.29, 1.82) is 0 Å². The summed E-state index contributed by atoms with van der Waals surface area (Å²) < 4.78 is 39.2. The van der Waals surface area contributed by atoms with Gasteiger partial charge < -0.3 is 10.4 Å². The molecular formula is C16H15F3N2O2. The van der Waals surface area contributed by atoms with Gasteiger partial charge in [0.1, 0.15) is 0 Å². The zero-order chi connectivity index (χ0) is 17.0. The second kappa shape index (κ2) is 6.78. The van der Waals surface area contributed by atoms with E-state index in [-0.39, 0.29) is 11.1 Å². The molecule has 0 radical (unpaired) electrons. The van der Waals surface area contributed by atoms with Gasteiger partial charge in [-0.2, -0.15) is 13.2 Å². The largest absolute Gasteiger partial charge is 0.416 e. The highest BCUT2D eigenvalue weighted by atomic mass is 19.4. The Morgan fingerprint density at radius 1 is 1.30 bits per heavy atom. The Morgan fingerprint density at radius 3 is 2.61 bits per heavy atom. The van der Waals surface area contributed by atoms with Crippen LogP contribution in [0, 0.1) is 6.92 Å². The molecule has 0 saturated carbocycles. The van der Waals surface area contributed by atoms with E-state index in [9.17, 15) is 23.1 Å². The highest BCUT2D eigenvalue weighted by Crippen LogP contribution is 2.34. The van der Waals surface area contributed by atoms with Crippen LogP contribution in [0.4, 0.5) is 13.2 Å². The number of alkyl halides is 3. The van der Waals surface area contributed by atoms with Crippen LogP contribution in [0.25, 0.3) is 0 Å². The van der Waals surface area contributed by atoms with Gasteiger partial charge in [0, 0.05) is 17.5 Å². The number of amides is 1. The number of aromatic nitrogens is 1. The second-order valence-electron chi connectivity index (χ2n) is 4.98. The summed E-state index contributed by atoms with van der Waals surface area (Å²) in [5.41, 5.74) is -0.193. The molecule has 0 saturated heterocycles. The third-order valence-corrected chi connectivity index (χ3v) is 3.29. The Morgan fingerprint density at radius 2 is 2.00 bits per heavy atom. The summed E-state index contributed by atoms with van der Waals surface area (Å²) in [5, 5.41) is 11.8. The van der Waals surface area contributed by atoms with E-state index in [0.29, 0.717) is 5.69 Å². The lowest BCUT2D eigenvalue weighted by molar-refractivity contribution is -0.138. The maximum Gasteiger partial charge on any atom is 0.416 e. The predicted molar refractivity (Wildman–Crippen MR) is 77.7 cm³/mol. The van der Waals surface area contributed by atoms with Crippen molar-refractivity contribution in [2.45, 2.75) is 19.1 Å². The van der Waals surface area contributed by atoms with Gasteiger partial charge in [0.25, 0.3) is 5.91 Å². The number of aliphatic hydroxyl groups is 1. The van der Waals surface area contributed by atoms with Crippen LogP contribution in [0.5, 0.6) is 0 Å². The number of carbonyl (C=O) groups excluding carboxylic acids is 1. The minimum atomic E-state index is -4.57. The number of benzene rings is 1. The molecule has 122 valence electrons. The monoisotopic (exact) mass is 324 g/mol. The van der Waals surface area contributed by atoms with E-state index in [1.165, 1.54) is 36.5 Å². The Labute approximate surface area is 131 Å². The molecule has 1 aromatic heterocycles. The number of pyridine rings is 1. The normalized spacial score (nSPS) is 12.7. The maximum absolute atomic E-state index is 13.1. The van der Waals surface area contributed by atoms with Crippen molar-refractivity contribution in [2.24, 2.45) is 0 Å². The van der Waals surface area contributed by atoms with Gasteiger partial charge in [-0.3, -0.25) is 9.78 Å². The number of nitrogens with zero attached hydrogens (tertiary/aromatic N) is 1. The van der Waals surface area contributed by atoms with E-state index in [2.05, 4.69) is 10.3 Å². The Hall–Kier alpha value is -2.41. The van der Waals surface area contributed by atoms with Crippen molar-refractivity contribution < 1.29 is 23.1 Å². The van der Waals surface area contributed by atoms with Crippen molar-refractivity contribution >= 4 is 5.91 Å². The van der Waals surface area contributed by atoms with E-state index < -0.39 is 30.3 Å². The van der Waals surface area contributed by atoms with E-state index in [1.807, 2.05) is 0 Å². The van der Waals surface area contributed by atoms with Crippen LogP contribution < -0.4 is 5.32 Å². The third kappa shape index (κ3) is 4.07. The Kier molecular flexibility index (Phi) is 5.00. The fraction of sp³-hybridized carbons (Fsp3) is 0.250. The molecule has 0 fully saturated rings. The molecule has 2 aromatic rings. The SMILES string of the molecule is Cc1cc(C(=O)NC(CO)c2ccccc2C(F)(F)F)ccn1. The minimum Gasteiger partial charge on any atom is -0.394 e. The summed E-state index contributed by atoms with van der Waals surface area (Å²) in [6.07, 6.45) is -3.14. The first-order valence-electron chi connectivity index (χ1n) is 6.83. The fourth-order valence-corrected chi connectivity index (χ4v) is 2.21. The van der Waals surface area contributed by atoms with Crippen LogP contribution in [0.3, 0.4) is 0 Å². The van der Waals surface area contributed by atoms with Crippen LogP contribution in [0.2, 0.25) is 0 Å². The molecule has 4 nitrogen and oxygen atoms in total. The van der Waals surface area contributed by atoms with Gasteiger partial charge in [0.2, 0.25) is 0 Å². The lowest BCUT2D eigenvalue weighted by Gasteiger charge is -2.21. The summed E-state index contributed by atoms with van der Waals surface area (Å²) in [4.78, 5) is 16.1. The third-order valence-electron chi connectivity index (χ3n) is 3.29. The number of aliphatic hydroxyl groups excluding tert-OH is 1. The molecule has 7 heteroatoms. The second-order valence-corrected chi connectivity index (χ2v) is 4.98. The number of carbonyl (C=O) groups is 1. The molecule has 0 aliphatic heterocycles. The van der Waals surface area contributed by atoms with E-state index in [4.69, 9.17) is 0 Å². The average molecular weight is 324 g/mol. The number of rotatable bonds is 4. The van der Waals surface area contributed by atoms with Gasteiger partial charge in [-0.25, -0.2) is 0 Å². The summed E-state index contributed by atoms with van der Waals surface area (Å²) >= 11 is 0. The van der Waals surface area contributed by atoms with Gasteiger partial charge in [-0.05, 0) is 30.7 Å². The zero-order valence-corrected chi connectivity index (χ0v) is 12.3. The molecule has 1 unspecified atom stereocenters. The summed E-state index contributed by atoms with van der Waals surface area (Å²) in [7, 11) is 0.